The average molecular weight is 454 g/mol. The standard InChI is InChI=1S/C23H20ClN3O5/c24-17-10-15-21(29)19(9-13-11-25-18-4-2-1-3-14(13)18)32-22(15)16(20(17)28)12-26-5-7-27(8-6-26)23(30)31/h1-4,9-11,25,28H,5-8,12H2,(H,30,31). The van der Waals surface area contributed by atoms with Crippen molar-refractivity contribution in [3.8, 4) is 11.5 Å². The second-order valence-electron chi connectivity index (χ2n) is 7.84. The molecule has 9 heteroatoms. The highest BCUT2D eigenvalue weighted by Crippen LogP contribution is 2.44. The van der Waals surface area contributed by atoms with Gasteiger partial charge in [0, 0.05) is 55.4 Å². The number of nitrogens with zero attached hydrogens (tertiary/aromatic N) is 2. The van der Waals surface area contributed by atoms with Gasteiger partial charge in [0.2, 0.25) is 5.78 Å². The van der Waals surface area contributed by atoms with Crippen LogP contribution in [-0.2, 0) is 6.54 Å². The number of phenols is 1. The third-order valence-electron chi connectivity index (χ3n) is 5.91. The first kappa shape index (κ1) is 20.4. The monoisotopic (exact) mass is 453 g/mol. The van der Waals surface area contributed by atoms with Crippen LogP contribution in [0.25, 0.3) is 17.0 Å². The maximum atomic E-state index is 13.1. The number of hydrogen-bond acceptors (Lipinski definition) is 5. The number of amides is 1. The number of ketones is 1. The minimum Gasteiger partial charge on any atom is -0.506 e. The number of hydrogen-bond donors (Lipinski definition) is 3. The van der Waals surface area contributed by atoms with Crippen molar-refractivity contribution < 1.29 is 24.5 Å². The number of para-hydroxylation sites is 1. The minimum absolute atomic E-state index is 0.0771. The zero-order valence-electron chi connectivity index (χ0n) is 17.0. The molecular weight excluding hydrogens is 434 g/mol. The number of phenolic OH excluding ortho intramolecular Hbond substituents is 1. The van der Waals surface area contributed by atoms with Crippen molar-refractivity contribution in [3.05, 3.63) is 64.0 Å². The highest BCUT2D eigenvalue weighted by atomic mass is 35.5. The van der Waals surface area contributed by atoms with E-state index in [4.69, 9.17) is 21.4 Å². The van der Waals surface area contributed by atoms with Crippen LogP contribution in [0.5, 0.6) is 11.5 Å². The molecular formula is C23H20ClN3O5. The average Bonchev–Trinajstić information content (AvgIpc) is 3.33. The van der Waals surface area contributed by atoms with Gasteiger partial charge in [-0.05, 0) is 18.2 Å². The molecule has 1 amide bonds. The molecule has 2 aliphatic heterocycles. The molecule has 1 aromatic heterocycles. The smallest absolute Gasteiger partial charge is 0.407 e. The molecule has 3 aromatic rings. The van der Waals surface area contributed by atoms with E-state index < -0.39 is 6.09 Å². The molecule has 0 atom stereocenters. The van der Waals surface area contributed by atoms with Gasteiger partial charge >= 0.3 is 6.09 Å². The number of Topliss-reactive ketones (excluding diaryl/α,β-unsaturated/α-hetero) is 1. The third kappa shape index (κ3) is 3.47. The fraction of sp³-hybridized carbons (Fsp3) is 0.217. The topological polar surface area (TPSA) is 106 Å². The molecule has 0 radical (unpaired) electrons. The van der Waals surface area contributed by atoms with E-state index in [-0.39, 0.29) is 28.9 Å². The Balaban J connectivity index is 1.46. The summed E-state index contributed by atoms with van der Waals surface area (Å²) < 4.78 is 5.96. The van der Waals surface area contributed by atoms with Crippen molar-refractivity contribution in [1.29, 1.82) is 0 Å². The fourth-order valence-electron chi connectivity index (χ4n) is 4.17. The van der Waals surface area contributed by atoms with E-state index in [0.29, 0.717) is 43.1 Å². The Kier molecular flexibility index (Phi) is 5.03. The maximum Gasteiger partial charge on any atom is 0.407 e. The van der Waals surface area contributed by atoms with Gasteiger partial charge in [-0.25, -0.2) is 4.79 Å². The van der Waals surface area contributed by atoms with Gasteiger partial charge in [0.25, 0.3) is 0 Å². The van der Waals surface area contributed by atoms with E-state index in [1.165, 1.54) is 11.0 Å². The number of rotatable bonds is 3. The van der Waals surface area contributed by atoms with Crippen LogP contribution < -0.4 is 4.74 Å². The van der Waals surface area contributed by atoms with E-state index in [2.05, 4.69) is 4.98 Å². The molecule has 3 N–H and O–H groups in total. The number of allylic oxidation sites excluding steroid dienone is 1. The predicted octanol–water partition coefficient (Wildman–Crippen LogP) is 3.94. The summed E-state index contributed by atoms with van der Waals surface area (Å²) in [5.74, 6) is 0.0170. The molecule has 0 spiro atoms. The zero-order chi connectivity index (χ0) is 22.4. The number of piperazine rings is 1. The Morgan fingerprint density at radius 1 is 1.22 bits per heavy atom. The van der Waals surface area contributed by atoms with Crippen molar-refractivity contribution in [3.63, 3.8) is 0 Å². The normalized spacial score (nSPS) is 17.7. The fourth-order valence-corrected chi connectivity index (χ4v) is 4.39. The molecule has 1 saturated heterocycles. The van der Waals surface area contributed by atoms with Crippen molar-refractivity contribution in [1.82, 2.24) is 14.8 Å². The van der Waals surface area contributed by atoms with Crippen LogP contribution in [0.1, 0.15) is 21.5 Å². The number of carbonyl (C=O) groups excluding carboxylic acids is 1. The lowest BCUT2D eigenvalue weighted by molar-refractivity contribution is 0.101. The van der Waals surface area contributed by atoms with Gasteiger partial charge in [-0.3, -0.25) is 9.69 Å². The molecule has 164 valence electrons. The van der Waals surface area contributed by atoms with Crippen LogP contribution in [0.2, 0.25) is 5.02 Å². The Morgan fingerprint density at radius 2 is 1.97 bits per heavy atom. The molecule has 2 aromatic carbocycles. The number of carboxylic acid groups (broad SMARTS) is 1. The number of benzene rings is 2. The quantitative estimate of drug-likeness (QED) is 0.519. The number of aromatic hydroxyl groups is 1. The van der Waals surface area contributed by atoms with E-state index in [1.54, 1.807) is 6.08 Å². The molecule has 1 fully saturated rings. The first-order chi connectivity index (χ1) is 15.4. The zero-order valence-corrected chi connectivity index (χ0v) is 17.7. The molecule has 0 unspecified atom stereocenters. The highest BCUT2D eigenvalue weighted by Gasteiger charge is 2.34. The number of aromatic amines is 1. The summed E-state index contributed by atoms with van der Waals surface area (Å²) in [6, 6.07) is 9.18. The van der Waals surface area contributed by atoms with E-state index >= 15 is 0 Å². The predicted molar refractivity (Wildman–Crippen MR) is 119 cm³/mol. The van der Waals surface area contributed by atoms with Crippen molar-refractivity contribution in [2.75, 3.05) is 26.2 Å². The summed E-state index contributed by atoms with van der Waals surface area (Å²) in [4.78, 5) is 30.7. The Hall–Kier alpha value is -3.49. The lowest BCUT2D eigenvalue weighted by Gasteiger charge is -2.33. The van der Waals surface area contributed by atoms with Crippen molar-refractivity contribution >= 4 is 40.5 Å². The van der Waals surface area contributed by atoms with Crippen LogP contribution in [0.15, 0.2) is 42.3 Å². The lowest BCUT2D eigenvalue weighted by atomic mass is 10.0. The molecule has 0 aliphatic carbocycles. The number of nitrogens with one attached hydrogen (secondary N) is 1. The van der Waals surface area contributed by atoms with Crippen LogP contribution in [0.4, 0.5) is 4.79 Å². The van der Waals surface area contributed by atoms with Gasteiger partial charge in [0.15, 0.2) is 5.76 Å². The highest BCUT2D eigenvalue weighted by molar-refractivity contribution is 6.33. The second kappa shape index (κ2) is 7.89. The number of aromatic nitrogens is 1. The van der Waals surface area contributed by atoms with Crippen LogP contribution >= 0.6 is 11.6 Å². The van der Waals surface area contributed by atoms with Gasteiger partial charge < -0.3 is 24.8 Å². The molecule has 0 saturated carbocycles. The molecule has 5 rings (SSSR count). The number of ether oxygens (including phenoxy) is 1. The van der Waals surface area contributed by atoms with Crippen molar-refractivity contribution in [2.45, 2.75) is 6.54 Å². The summed E-state index contributed by atoms with van der Waals surface area (Å²) in [7, 11) is 0. The van der Waals surface area contributed by atoms with Gasteiger partial charge in [0.05, 0.1) is 16.1 Å². The van der Waals surface area contributed by atoms with Crippen LogP contribution in [0.3, 0.4) is 0 Å². The van der Waals surface area contributed by atoms with Gasteiger partial charge in [-0.1, -0.05) is 29.8 Å². The van der Waals surface area contributed by atoms with Gasteiger partial charge in [0.1, 0.15) is 11.5 Å². The van der Waals surface area contributed by atoms with Crippen LogP contribution in [0, 0.1) is 0 Å². The van der Waals surface area contributed by atoms with Crippen molar-refractivity contribution in [2.24, 2.45) is 0 Å². The molecule has 0 bridgehead atoms. The molecule has 32 heavy (non-hydrogen) atoms. The molecule has 2 aliphatic rings. The van der Waals surface area contributed by atoms with Crippen LogP contribution in [-0.4, -0.2) is 63.1 Å². The summed E-state index contributed by atoms with van der Waals surface area (Å²) in [5, 5.41) is 20.8. The maximum absolute atomic E-state index is 13.1. The number of fused-ring (bicyclic) bond motifs is 2. The lowest BCUT2D eigenvalue weighted by Crippen LogP contribution is -2.47. The SMILES string of the molecule is O=C1C(=Cc2c[nH]c3ccccc23)Oc2c1cc(Cl)c(O)c2CN1CCN(C(=O)O)CC1. The largest absolute Gasteiger partial charge is 0.506 e. The summed E-state index contributed by atoms with van der Waals surface area (Å²) in [6.45, 7) is 2.02. The molecule has 3 heterocycles. The summed E-state index contributed by atoms with van der Waals surface area (Å²) in [5.41, 5.74) is 2.49. The summed E-state index contributed by atoms with van der Waals surface area (Å²) >= 11 is 6.23. The first-order valence-electron chi connectivity index (χ1n) is 10.2. The molecule has 8 nitrogen and oxygen atoms in total. The Bertz CT molecular complexity index is 1270. The number of halogens is 1. The Morgan fingerprint density at radius 3 is 2.72 bits per heavy atom. The van der Waals surface area contributed by atoms with E-state index in [1.807, 2.05) is 35.4 Å². The number of carbonyl (C=O) groups is 2. The second-order valence-corrected chi connectivity index (χ2v) is 8.24. The minimum atomic E-state index is -0.947. The van der Waals surface area contributed by atoms with Gasteiger partial charge in [-0.2, -0.15) is 0 Å². The van der Waals surface area contributed by atoms with E-state index in [0.717, 1.165) is 16.5 Å². The summed E-state index contributed by atoms with van der Waals surface area (Å²) in [6.07, 6.45) is 2.55. The Labute approximate surface area is 188 Å². The van der Waals surface area contributed by atoms with Gasteiger partial charge in [-0.15, -0.1) is 0 Å². The van der Waals surface area contributed by atoms with E-state index in [9.17, 15) is 14.7 Å². The first-order valence-corrected chi connectivity index (χ1v) is 10.5. The third-order valence-corrected chi connectivity index (χ3v) is 6.20. The number of H-pyrrole nitrogens is 1.